The second kappa shape index (κ2) is 7.49. The predicted molar refractivity (Wildman–Crippen MR) is 96.5 cm³/mol. The number of primary amides is 1. The summed E-state index contributed by atoms with van der Waals surface area (Å²) in [5.41, 5.74) is 6.03. The van der Waals surface area contributed by atoms with Crippen LogP contribution >= 0.6 is 11.8 Å². The summed E-state index contributed by atoms with van der Waals surface area (Å²) in [6.07, 6.45) is -0.926. The number of carbonyl (C=O) groups is 3. The summed E-state index contributed by atoms with van der Waals surface area (Å²) in [5.74, 6) is -1.54. The number of anilines is 1. The van der Waals surface area contributed by atoms with E-state index in [0.29, 0.717) is 16.3 Å². The van der Waals surface area contributed by atoms with Crippen molar-refractivity contribution in [2.24, 2.45) is 5.73 Å². The van der Waals surface area contributed by atoms with Gasteiger partial charge in [-0.2, -0.15) is 0 Å². The van der Waals surface area contributed by atoms with E-state index in [1.54, 1.807) is 42.5 Å². The van der Waals surface area contributed by atoms with E-state index in [-0.39, 0.29) is 23.8 Å². The normalized spacial score (nSPS) is 15.7. The third kappa shape index (κ3) is 3.65. The summed E-state index contributed by atoms with van der Waals surface area (Å²) in [6, 6.07) is 13.4. The molecule has 134 valence electrons. The molecule has 3 rings (SSSR count). The van der Waals surface area contributed by atoms with Crippen LogP contribution < -0.4 is 15.4 Å². The summed E-state index contributed by atoms with van der Waals surface area (Å²) in [7, 11) is 0. The molecule has 1 heterocycles. The van der Waals surface area contributed by atoms with Gasteiger partial charge in [0.25, 0.3) is 5.91 Å². The van der Waals surface area contributed by atoms with Gasteiger partial charge in [0, 0.05) is 4.90 Å². The molecular formula is C18H16N2O5S. The highest BCUT2D eigenvalue weighted by Crippen LogP contribution is 2.34. The molecule has 2 aromatic carbocycles. The molecule has 0 unspecified atom stereocenters. The van der Waals surface area contributed by atoms with Crippen molar-refractivity contribution in [2.75, 3.05) is 17.2 Å². The minimum atomic E-state index is -1.05. The smallest absolute Gasteiger partial charge is 0.336 e. The zero-order valence-electron chi connectivity index (χ0n) is 13.6. The Balaban J connectivity index is 1.79. The highest BCUT2D eigenvalue weighted by molar-refractivity contribution is 8.00. The van der Waals surface area contributed by atoms with Gasteiger partial charge in [-0.25, -0.2) is 4.79 Å². The van der Waals surface area contributed by atoms with Crippen LogP contribution in [0.5, 0.6) is 5.75 Å². The lowest BCUT2D eigenvalue weighted by molar-refractivity contribution is -0.125. The number of nitrogens with two attached hydrogens (primary N) is 1. The fraction of sp³-hybridized carbons (Fsp3) is 0.167. The van der Waals surface area contributed by atoms with Gasteiger partial charge < -0.3 is 20.5 Å². The van der Waals surface area contributed by atoms with Crippen LogP contribution in [0.3, 0.4) is 0 Å². The maximum atomic E-state index is 12.7. The largest absolute Gasteiger partial charge is 0.478 e. The van der Waals surface area contributed by atoms with Crippen molar-refractivity contribution in [1.29, 1.82) is 0 Å². The molecule has 0 radical (unpaired) electrons. The first kappa shape index (κ1) is 17.8. The van der Waals surface area contributed by atoms with Crippen molar-refractivity contribution in [3.8, 4) is 5.75 Å². The van der Waals surface area contributed by atoms with E-state index in [1.165, 1.54) is 11.0 Å². The van der Waals surface area contributed by atoms with Crippen molar-refractivity contribution in [2.45, 2.75) is 11.0 Å². The number of rotatable bonds is 5. The molecule has 0 bridgehead atoms. The highest BCUT2D eigenvalue weighted by atomic mass is 32.2. The van der Waals surface area contributed by atoms with Crippen molar-refractivity contribution in [1.82, 2.24) is 0 Å². The Labute approximate surface area is 153 Å². The second-order valence-corrected chi connectivity index (χ2v) is 6.59. The topological polar surface area (TPSA) is 110 Å². The molecule has 0 aromatic heterocycles. The van der Waals surface area contributed by atoms with Gasteiger partial charge in [-0.05, 0) is 24.3 Å². The van der Waals surface area contributed by atoms with Crippen molar-refractivity contribution in [3.63, 3.8) is 0 Å². The Kier molecular flexibility index (Phi) is 5.13. The average molecular weight is 372 g/mol. The zero-order chi connectivity index (χ0) is 18.7. The Bertz CT molecular complexity index is 870. The molecule has 2 amide bonds. The summed E-state index contributed by atoms with van der Waals surface area (Å²) in [6.45, 7) is 0.0202. The summed E-state index contributed by atoms with van der Waals surface area (Å²) in [4.78, 5) is 37.5. The molecule has 0 spiro atoms. The second-order valence-electron chi connectivity index (χ2n) is 5.57. The third-order valence-electron chi connectivity index (χ3n) is 3.86. The lowest BCUT2D eigenvalue weighted by Gasteiger charge is -2.33. The average Bonchev–Trinajstić information content (AvgIpc) is 2.65. The number of benzene rings is 2. The zero-order valence-corrected chi connectivity index (χ0v) is 14.4. The molecule has 1 atom stereocenters. The van der Waals surface area contributed by atoms with E-state index >= 15 is 0 Å². The Morgan fingerprint density at radius 2 is 1.85 bits per heavy atom. The fourth-order valence-electron chi connectivity index (χ4n) is 2.61. The maximum absolute atomic E-state index is 12.7. The molecular weight excluding hydrogens is 356 g/mol. The van der Waals surface area contributed by atoms with Crippen LogP contribution in [0.1, 0.15) is 10.4 Å². The van der Waals surface area contributed by atoms with Gasteiger partial charge in [0.15, 0.2) is 6.10 Å². The van der Waals surface area contributed by atoms with Gasteiger partial charge in [-0.1, -0.05) is 24.3 Å². The summed E-state index contributed by atoms with van der Waals surface area (Å²) < 4.78 is 5.53. The van der Waals surface area contributed by atoms with Crippen molar-refractivity contribution >= 4 is 35.2 Å². The van der Waals surface area contributed by atoms with Crippen molar-refractivity contribution < 1.29 is 24.2 Å². The molecule has 0 aliphatic carbocycles. The molecule has 0 saturated carbocycles. The fourth-order valence-corrected chi connectivity index (χ4v) is 3.53. The minimum Gasteiger partial charge on any atom is -0.478 e. The number of hydrogen-bond donors (Lipinski definition) is 2. The van der Waals surface area contributed by atoms with Crippen molar-refractivity contribution in [3.05, 3.63) is 54.1 Å². The molecule has 7 nitrogen and oxygen atoms in total. The molecule has 2 aromatic rings. The maximum Gasteiger partial charge on any atom is 0.336 e. The minimum absolute atomic E-state index is 0.0180. The molecule has 26 heavy (non-hydrogen) atoms. The van der Waals surface area contributed by atoms with Crippen LogP contribution in [-0.2, 0) is 9.59 Å². The number of carboxylic acid groups (broad SMARTS) is 1. The lowest BCUT2D eigenvalue weighted by atomic mass is 10.2. The number of thioether (sulfide) groups is 1. The molecule has 1 aliphatic heterocycles. The van der Waals surface area contributed by atoms with E-state index in [1.807, 2.05) is 0 Å². The molecule has 0 saturated heterocycles. The van der Waals surface area contributed by atoms with Gasteiger partial charge in [0.05, 0.1) is 23.5 Å². The van der Waals surface area contributed by atoms with Gasteiger partial charge in [0.2, 0.25) is 5.91 Å². The molecule has 1 aliphatic rings. The Morgan fingerprint density at radius 3 is 2.58 bits per heavy atom. The van der Waals surface area contributed by atoms with Gasteiger partial charge in [-0.15, -0.1) is 11.8 Å². The van der Waals surface area contributed by atoms with Gasteiger partial charge >= 0.3 is 5.97 Å². The molecule has 3 N–H and O–H groups in total. The third-order valence-corrected chi connectivity index (χ3v) is 4.92. The predicted octanol–water partition coefficient (Wildman–Crippen LogP) is 1.76. The number of amides is 2. The lowest BCUT2D eigenvalue weighted by Crippen LogP contribution is -2.49. The number of aromatic carboxylic acids is 1. The number of nitrogens with zero attached hydrogens (tertiary/aromatic N) is 1. The number of fused-ring (bicyclic) bond motifs is 1. The Morgan fingerprint density at radius 1 is 1.15 bits per heavy atom. The monoisotopic (exact) mass is 372 g/mol. The van der Waals surface area contributed by atoms with E-state index in [0.717, 1.165) is 11.8 Å². The van der Waals surface area contributed by atoms with Crippen LogP contribution in [-0.4, -0.2) is 41.3 Å². The number of para-hydroxylation sites is 2. The SMILES string of the molecule is NC(=O)[C@H]1CN(C(=O)CSc2ccccc2C(=O)O)c2ccccc2O1. The van der Waals surface area contributed by atoms with E-state index in [2.05, 4.69) is 0 Å². The highest BCUT2D eigenvalue weighted by Gasteiger charge is 2.32. The summed E-state index contributed by atoms with van der Waals surface area (Å²) in [5, 5.41) is 9.23. The van der Waals surface area contributed by atoms with Crippen LogP contribution in [0.4, 0.5) is 5.69 Å². The number of carboxylic acids is 1. The first-order valence-electron chi connectivity index (χ1n) is 7.78. The van der Waals surface area contributed by atoms with Crippen LogP contribution in [0.2, 0.25) is 0 Å². The van der Waals surface area contributed by atoms with E-state index < -0.39 is 18.0 Å². The van der Waals surface area contributed by atoms with Gasteiger partial charge in [0.1, 0.15) is 5.75 Å². The molecule has 0 fully saturated rings. The summed E-state index contributed by atoms with van der Waals surface area (Å²) >= 11 is 1.13. The van der Waals surface area contributed by atoms with Crippen LogP contribution in [0.25, 0.3) is 0 Å². The van der Waals surface area contributed by atoms with Gasteiger partial charge in [-0.3, -0.25) is 9.59 Å². The van der Waals surface area contributed by atoms with Crippen LogP contribution in [0, 0.1) is 0 Å². The number of ether oxygens (including phenoxy) is 1. The standard InChI is InChI=1S/C18H16N2O5S/c19-17(22)14-9-20(12-6-2-3-7-13(12)25-14)16(21)10-26-15-8-4-1-5-11(15)18(23)24/h1-8,14H,9-10H2,(H2,19,22)(H,23,24)/t14-/m1/s1. The number of carbonyl (C=O) groups excluding carboxylic acids is 2. The quantitative estimate of drug-likeness (QED) is 0.774. The van der Waals surface area contributed by atoms with E-state index in [9.17, 15) is 19.5 Å². The first-order valence-corrected chi connectivity index (χ1v) is 8.76. The first-order chi connectivity index (χ1) is 12.5. The molecule has 8 heteroatoms. The van der Waals surface area contributed by atoms with E-state index in [4.69, 9.17) is 10.5 Å². The Hall–Kier alpha value is -3.00. The number of hydrogen-bond acceptors (Lipinski definition) is 5. The van der Waals surface area contributed by atoms with Crippen LogP contribution in [0.15, 0.2) is 53.4 Å².